The zero-order chi connectivity index (χ0) is 15.6. The molecule has 0 saturated heterocycles. The Balaban J connectivity index is 2.14. The van der Waals surface area contributed by atoms with E-state index in [2.05, 4.69) is 23.7 Å². The van der Waals surface area contributed by atoms with Crippen molar-refractivity contribution in [2.75, 3.05) is 0 Å². The molecule has 0 bridgehead atoms. The van der Waals surface area contributed by atoms with E-state index in [1.165, 1.54) is 0 Å². The lowest BCUT2D eigenvalue weighted by atomic mass is 10.2. The lowest BCUT2D eigenvalue weighted by Crippen LogP contribution is -2.07. The van der Waals surface area contributed by atoms with Crippen LogP contribution in [0.4, 0.5) is 0 Å². The molecule has 0 aliphatic carbocycles. The molecule has 0 atom stereocenters. The molecule has 112 valence electrons. The van der Waals surface area contributed by atoms with Crippen molar-refractivity contribution in [3.63, 3.8) is 0 Å². The Hall–Kier alpha value is -2.60. The average Bonchev–Trinajstić information content (AvgIpc) is 2.54. The number of unbranched alkanes of at least 4 members (excludes halogenated alkanes) is 2. The van der Waals surface area contributed by atoms with E-state index < -0.39 is 0 Å². The Morgan fingerprint density at radius 2 is 2.00 bits per heavy atom. The fourth-order valence-corrected chi connectivity index (χ4v) is 2.00. The van der Waals surface area contributed by atoms with Crippen molar-refractivity contribution < 1.29 is 4.74 Å². The van der Waals surface area contributed by atoms with Crippen molar-refractivity contribution in [1.29, 1.82) is 0 Å². The van der Waals surface area contributed by atoms with Gasteiger partial charge in [-0.3, -0.25) is 0 Å². The Bertz CT molecular complexity index is 681. The minimum Gasteiger partial charge on any atom is -0.624 e. The van der Waals surface area contributed by atoms with Gasteiger partial charge in [0.25, 0.3) is 0 Å². The second kappa shape index (κ2) is 8.63. The van der Waals surface area contributed by atoms with E-state index >= 15 is 0 Å². The third kappa shape index (κ3) is 5.06. The minimum atomic E-state index is 0.318. The van der Waals surface area contributed by atoms with Gasteiger partial charge in [0, 0.05) is 18.2 Å². The van der Waals surface area contributed by atoms with Crippen LogP contribution in [-0.4, -0.2) is 15.9 Å². The first-order chi connectivity index (χ1) is 10.8. The van der Waals surface area contributed by atoms with Crippen molar-refractivity contribution in [3.05, 3.63) is 70.7 Å². The van der Waals surface area contributed by atoms with Gasteiger partial charge in [0.1, 0.15) is 5.69 Å². The zero-order valence-electron chi connectivity index (χ0n) is 12.8. The second-order valence-electron chi connectivity index (χ2n) is 5.04. The van der Waals surface area contributed by atoms with Gasteiger partial charge < -0.3 is 5.21 Å². The van der Waals surface area contributed by atoms with Gasteiger partial charge in [-0.25, -0.2) is 9.72 Å². The highest BCUT2D eigenvalue weighted by atomic mass is 16.5. The number of benzene rings is 1. The molecule has 0 spiro atoms. The van der Waals surface area contributed by atoms with Crippen LogP contribution in [0.5, 0.6) is 0 Å². The van der Waals surface area contributed by atoms with E-state index in [9.17, 15) is 5.21 Å². The first-order valence-electron chi connectivity index (χ1n) is 7.56. The predicted molar refractivity (Wildman–Crippen MR) is 89.6 cm³/mol. The van der Waals surface area contributed by atoms with Crippen LogP contribution in [0.15, 0.2) is 48.7 Å². The molecule has 3 nitrogen and oxygen atoms in total. The fourth-order valence-electron chi connectivity index (χ4n) is 2.00. The van der Waals surface area contributed by atoms with E-state index in [-0.39, 0.29) is 0 Å². The Kier molecular flexibility index (Phi) is 6.19. The maximum Gasteiger partial charge on any atom is 0.184 e. The van der Waals surface area contributed by atoms with Gasteiger partial charge in [-0.2, -0.15) is 0 Å². The number of pyridine rings is 1. The summed E-state index contributed by atoms with van der Waals surface area (Å²) in [6.45, 7) is 2.46. The monoisotopic (exact) mass is 292 g/mol. The topological polar surface area (TPSA) is 39.0 Å². The van der Waals surface area contributed by atoms with Gasteiger partial charge in [-0.05, 0) is 24.5 Å². The molecule has 0 aliphatic rings. The van der Waals surface area contributed by atoms with Crippen molar-refractivity contribution in [3.8, 4) is 11.8 Å². The van der Waals surface area contributed by atoms with E-state index in [0.29, 0.717) is 12.2 Å². The van der Waals surface area contributed by atoms with Crippen LogP contribution < -0.4 is 0 Å². The highest BCUT2D eigenvalue weighted by molar-refractivity contribution is 5.79. The lowest BCUT2D eigenvalue weighted by molar-refractivity contribution is -0.469. The van der Waals surface area contributed by atoms with Crippen LogP contribution >= 0.6 is 0 Å². The second-order valence-corrected chi connectivity index (χ2v) is 5.04. The standard InChI is InChI=1S/C19H20N2O/c1-2-3-4-8-13-19-18(12-9-14-20-19)16-21(22)15-17-10-6-5-7-11-17/h5-7,9-12,14,16H,2-4,15H2,1H3/b21-16-. The highest BCUT2D eigenvalue weighted by Crippen LogP contribution is 2.04. The molecule has 2 aromatic rings. The molecule has 0 amide bonds. The van der Waals surface area contributed by atoms with E-state index in [1.807, 2.05) is 42.5 Å². The maximum absolute atomic E-state index is 12.1. The molecule has 0 saturated carbocycles. The predicted octanol–water partition coefficient (Wildman–Crippen LogP) is 3.75. The molecular weight excluding hydrogens is 272 g/mol. The van der Waals surface area contributed by atoms with Gasteiger partial charge >= 0.3 is 0 Å². The van der Waals surface area contributed by atoms with Gasteiger partial charge in [-0.1, -0.05) is 49.6 Å². The van der Waals surface area contributed by atoms with Gasteiger partial charge in [0.15, 0.2) is 12.8 Å². The van der Waals surface area contributed by atoms with Gasteiger partial charge in [0.05, 0.1) is 5.56 Å². The first kappa shape index (κ1) is 15.8. The summed E-state index contributed by atoms with van der Waals surface area (Å²) in [6, 6.07) is 13.4. The summed E-state index contributed by atoms with van der Waals surface area (Å²) in [5.74, 6) is 6.17. The van der Waals surface area contributed by atoms with Crippen molar-refractivity contribution in [1.82, 2.24) is 4.98 Å². The summed E-state index contributed by atoms with van der Waals surface area (Å²) < 4.78 is 0.920. The smallest absolute Gasteiger partial charge is 0.184 e. The normalized spacial score (nSPS) is 10.9. The summed E-state index contributed by atoms with van der Waals surface area (Å²) >= 11 is 0. The highest BCUT2D eigenvalue weighted by Gasteiger charge is 2.03. The van der Waals surface area contributed by atoms with E-state index in [1.54, 1.807) is 12.4 Å². The average molecular weight is 292 g/mol. The van der Waals surface area contributed by atoms with Crippen molar-refractivity contribution in [2.45, 2.75) is 32.7 Å². The van der Waals surface area contributed by atoms with Crippen LogP contribution in [0.2, 0.25) is 0 Å². The first-order valence-corrected chi connectivity index (χ1v) is 7.56. The SMILES string of the molecule is CCCCC#Cc1ncccc1/C=[N+](\[O-])Cc1ccccc1. The fraction of sp³-hybridized carbons (Fsp3) is 0.263. The van der Waals surface area contributed by atoms with Crippen molar-refractivity contribution in [2.24, 2.45) is 0 Å². The molecule has 22 heavy (non-hydrogen) atoms. The van der Waals surface area contributed by atoms with E-state index in [0.717, 1.165) is 35.1 Å². The summed E-state index contributed by atoms with van der Waals surface area (Å²) in [5, 5.41) is 12.1. The van der Waals surface area contributed by atoms with Crippen LogP contribution in [0.1, 0.15) is 43.0 Å². The molecule has 0 radical (unpaired) electrons. The molecular formula is C19H20N2O. The molecule has 0 N–H and O–H groups in total. The zero-order valence-corrected chi connectivity index (χ0v) is 12.8. The quantitative estimate of drug-likeness (QED) is 0.210. The van der Waals surface area contributed by atoms with Crippen LogP contribution in [0, 0.1) is 17.0 Å². The van der Waals surface area contributed by atoms with Crippen LogP contribution in [0.25, 0.3) is 0 Å². The molecule has 1 aromatic carbocycles. The van der Waals surface area contributed by atoms with Crippen LogP contribution in [0.3, 0.4) is 0 Å². The minimum absolute atomic E-state index is 0.318. The summed E-state index contributed by atoms with van der Waals surface area (Å²) in [5.41, 5.74) is 2.40. The summed E-state index contributed by atoms with van der Waals surface area (Å²) in [7, 11) is 0. The van der Waals surface area contributed by atoms with E-state index in [4.69, 9.17) is 0 Å². The number of aromatic nitrogens is 1. The number of nitrogens with zero attached hydrogens (tertiary/aromatic N) is 2. The summed E-state index contributed by atoms with van der Waals surface area (Å²) in [4.78, 5) is 4.27. The molecule has 0 unspecified atom stereocenters. The Morgan fingerprint density at radius 1 is 1.18 bits per heavy atom. The van der Waals surface area contributed by atoms with Gasteiger partial charge in [0.2, 0.25) is 0 Å². The van der Waals surface area contributed by atoms with Crippen LogP contribution in [-0.2, 0) is 6.54 Å². The molecule has 3 heteroatoms. The number of hydrogen-bond acceptors (Lipinski definition) is 2. The molecule has 1 aromatic heterocycles. The van der Waals surface area contributed by atoms with Crippen molar-refractivity contribution >= 4 is 6.21 Å². The number of hydrogen-bond donors (Lipinski definition) is 0. The maximum atomic E-state index is 12.1. The molecule has 1 heterocycles. The molecule has 0 aliphatic heterocycles. The largest absolute Gasteiger partial charge is 0.624 e. The third-order valence-electron chi connectivity index (χ3n) is 3.17. The number of rotatable bonds is 5. The molecule has 0 fully saturated rings. The Morgan fingerprint density at radius 3 is 2.77 bits per heavy atom. The molecule has 2 rings (SSSR count). The van der Waals surface area contributed by atoms with Gasteiger partial charge in [-0.15, -0.1) is 0 Å². The number of hydroxylamine groups is 1. The Labute approximate surface area is 131 Å². The summed E-state index contributed by atoms with van der Waals surface area (Å²) in [6.07, 6.45) is 6.33. The lowest BCUT2D eigenvalue weighted by Gasteiger charge is -2.04. The third-order valence-corrected chi connectivity index (χ3v) is 3.17.